The first-order valence-corrected chi connectivity index (χ1v) is 6.24. The van der Waals surface area contributed by atoms with Crippen molar-refractivity contribution in [2.24, 2.45) is 11.1 Å². The maximum Gasteiger partial charge on any atom is 0.320 e. The van der Waals surface area contributed by atoms with Gasteiger partial charge >= 0.3 is 5.97 Å². The Labute approximate surface area is 97.8 Å². The highest BCUT2D eigenvalue weighted by Crippen LogP contribution is 2.36. The number of hydrogen-bond donors (Lipinski definition) is 2. The maximum atomic E-state index is 10.6. The van der Waals surface area contributed by atoms with E-state index in [0.717, 1.165) is 19.6 Å². The van der Waals surface area contributed by atoms with Crippen molar-refractivity contribution >= 4 is 5.97 Å². The fraction of sp³-hybridized carbons (Fsp3) is 0.917. The third-order valence-corrected chi connectivity index (χ3v) is 4.09. The highest BCUT2D eigenvalue weighted by atomic mass is 16.4. The molecule has 1 atom stereocenters. The highest BCUT2D eigenvalue weighted by Gasteiger charge is 2.34. The lowest BCUT2D eigenvalue weighted by atomic mass is 9.82. The molecule has 0 bridgehead atoms. The quantitative estimate of drug-likeness (QED) is 0.719. The fourth-order valence-corrected chi connectivity index (χ4v) is 2.49. The lowest BCUT2D eigenvalue weighted by Crippen LogP contribution is -2.35. The second-order valence-corrected chi connectivity index (χ2v) is 4.97. The van der Waals surface area contributed by atoms with E-state index in [-0.39, 0.29) is 0 Å². The molecule has 1 aliphatic heterocycles. The van der Waals surface area contributed by atoms with Crippen LogP contribution in [0.4, 0.5) is 0 Å². The second-order valence-electron chi connectivity index (χ2n) is 4.97. The molecule has 1 aliphatic rings. The van der Waals surface area contributed by atoms with Gasteiger partial charge in [-0.05, 0) is 37.6 Å². The summed E-state index contributed by atoms with van der Waals surface area (Å²) in [6.45, 7) is 7.50. The Bertz CT molecular complexity index is 239. The summed E-state index contributed by atoms with van der Waals surface area (Å²) >= 11 is 0. The number of rotatable bonds is 6. The van der Waals surface area contributed by atoms with Gasteiger partial charge in [0.25, 0.3) is 0 Å². The van der Waals surface area contributed by atoms with Gasteiger partial charge in [0.15, 0.2) is 0 Å². The molecule has 3 N–H and O–H groups in total. The summed E-state index contributed by atoms with van der Waals surface area (Å²) in [6.07, 6.45) is 4.22. The summed E-state index contributed by atoms with van der Waals surface area (Å²) in [5.41, 5.74) is 5.97. The Morgan fingerprint density at radius 2 is 2.12 bits per heavy atom. The SMILES string of the molecule is CCC1(CC)CCN(CCC(N)C(=O)O)C1. The lowest BCUT2D eigenvalue weighted by Gasteiger charge is -2.26. The van der Waals surface area contributed by atoms with Crippen molar-refractivity contribution in [2.45, 2.75) is 45.6 Å². The molecule has 4 nitrogen and oxygen atoms in total. The van der Waals surface area contributed by atoms with E-state index >= 15 is 0 Å². The molecule has 0 aromatic carbocycles. The van der Waals surface area contributed by atoms with Crippen molar-refractivity contribution in [1.29, 1.82) is 0 Å². The van der Waals surface area contributed by atoms with Gasteiger partial charge in [-0.25, -0.2) is 0 Å². The van der Waals surface area contributed by atoms with Gasteiger partial charge in [-0.15, -0.1) is 0 Å². The van der Waals surface area contributed by atoms with E-state index in [9.17, 15) is 4.79 Å². The molecular weight excluding hydrogens is 204 g/mol. The van der Waals surface area contributed by atoms with Crippen molar-refractivity contribution < 1.29 is 9.90 Å². The molecule has 16 heavy (non-hydrogen) atoms. The van der Waals surface area contributed by atoms with Crippen LogP contribution in [0.1, 0.15) is 39.5 Å². The number of likely N-dealkylation sites (tertiary alicyclic amines) is 1. The number of carboxylic acid groups (broad SMARTS) is 1. The van der Waals surface area contributed by atoms with Crippen molar-refractivity contribution in [3.05, 3.63) is 0 Å². The zero-order chi connectivity index (χ0) is 12.2. The Balaban J connectivity index is 2.34. The number of nitrogens with two attached hydrogens (primary N) is 1. The van der Waals surface area contributed by atoms with Crippen LogP contribution in [0.15, 0.2) is 0 Å². The Morgan fingerprint density at radius 1 is 1.50 bits per heavy atom. The van der Waals surface area contributed by atoms with Crippen LogP contribution in [0.2, 0.25) is 0 Å². The molecule has 0 aromatic rings. The van der Waals surface area contributed by atoms with Gasteiger partial charge in [-0.1, -0.05) is 13.8 Å². The number of carbonyl (C=O) groups is 1. The minimum atomic E-state index is -0.892. The molecule has 0 radical (unpaired) electrons. The van der Waals surface area contributed by atoms with Gasteiger partial charge in [-0.3, -0.25) is 4.79 Å². The topological polar surface area (TPSA) is 66.6 Å². The molecule has 1 saturated heterocycles. The average Bonchev–Trinajstić information content (AvgIpc) is 2.70. The summed E-state index contributed by atoms with van der Waals surface area (Å²) < 4.78 is 0. The van der Waals surface area contributed by atoms with Crippen LogP contribution >= 0.6 is 0 Å². The Kier molecular flexibility index (Phi) is 4.74. The van der Waals surface area contributed by atoms with E-state index in [0.29, 0.717) is 11.8 Å². The van der Waals surface area contributed by atoms with Crippen molar-refractivity contribution in [1.82, 2.24) is 4.90 Å². The number of hydrogen-bond acceptors (Lipinski definition) is 3. The van der Waals surface area contributed by atoms with Crippen molar-refractivity contribution in [3.8, 4) is 0 Å². The van der Waals surface area contributed by atoms with E-state index in [2.05, 4.69) is 18.7 Å². The van der Waals surface area contributed by atoms with E-state index in [4.69, 9.17) is 10.8 Å². The molecule has 0 aliphatic carbocycles. The van der Waals surface area contributed by atoms with Crippen LogP contribution < -0.4 is 5.73 Å². The highest BCUT2D eigenvalue weighted by molar-refractivity contribution is 5.72. The first-order chi connectivity index (χ1) is 7.53. The largest absolute Gasteiger partial charge is 0.480 e. The minimum absolute atomic E-state index is 0.466. The molecule has 0 spiro atoms. The molecule has 0 amide bonds. The third kappa shape index (κ3) is 3.19. The average molecular weight is 228 g/mol. The fourth-order valence-electron chi connectivity index (χ4n) is 2.49. The van der Waals surface area contributed by atoms with Crippen LogP contribution in [0.3, 0.4) is 0 Å². The summed E-state index contributed by atoms with van der Waals surface area (Å²) in [5.74, 6) is -0.892. The molecule has 0 aromatic heterocycles. The maximum absolute atomic E-state index is 10.6. The first kappa shape index (κ1) is 13.5. The third-order valence-electron chi connectivity index (χ3n) is 4.09. The first-order valence-electron chi connectivity index (χ1n) is 6.24. The molecule has 1 heterocycles. The van der Waals surface area contributed by atoms with Crippen LogP contribution in [-0.4, -0.2) is 41.7 Å². The predicted octanol–water partition coefficient (Wildman–Crippen LogP) is 1.30. The summed E-state index contributed by atoms with van der Waals surface area (Å²) in [7, 11) is 0. The summed E-state index contributed by atoms with van der Waals surface area (Å²) in [4.78, 5) is 13.0. The van der Waals surface area contributed by atoms with Crippen LogP contribution in [-0.2, 0) is 4.79 Å². The van der Waals surface area contributed by atoms with Crippen molar-refractivity contribution in [3.63, 3.8) is 0 Å². The zero-order valence-electron chi connectivity index (χ0n) is 10.4. The summed E-state index contributed by atoms with van der Waals surface area (Å²) in [5, 5.41) is 8.71. The van der Waals surface area contributed by atoms with Crippen LogP contribution in [0, 0.1) is 5.41 Å². The number of nitrogens with zero attached hydrogens (tertiary/aromatic N) is 1. The predicted molar refractivity (Wildman–Crippen MR) is 64.3 cm³/mol. The van der Waals surface area contributed by atoms with E-state index in [1.165, 1.54) is 19.3 Å². The number of carboxylic acids is 1. The summed E-state index contributed by atoms with van der Waals surface area (Å²) in [6, 6.07) is -0.710. The van der Waals surface area contributed by atoms with E-state index < -0.39 is 12.0 Å². The van der Waals surface area contributed by atoms with Crippen LogP contribution in [0.5, 0.6) is 0 Å². The molecule has 1 unspecified atom stereocenters. The molecule has 0 saturated carbocycles. The van der Waals surface area contributed by atoms with Gasteiger partial charge < -0.3 is 15.7 Å². The Hall–Kier alpha value is -0.610. The molecule has 1 fully saturated rings. The van der Waals surface area contributed by atoms with Gasteiger partial charge in [0, 0.05) is 13.1 Å². The Morgan fingerprint density at radius 3 is 2.56 bits per heavy atom. The van der Waals surface area contributed by atoms with Gasteiger partial charge in [0.05, 0.1) is 0 Å². The van der Waals surface area contributed by atoms with Gasteiger partial charge in [0.1, 0.15) is 6.04 Å². The van der Waals surface area contributed by atoms with E-state index in [1.807, 2.05) is 0 Å². The lowest BCUT2D eigenvalue weighted by molar-refractivity contribution is -0.138. The van der Waals surface area contributed by atoms with E-state index in [1.54, 1.807) is 0 Å². The molecule has 1 rings (SSSR count). The normalized spacial score (nSPS) is 22.2. The standard InChI is InChI=1S/C12H24N2O2/c1-3-12(4-2)6-8-14(9-12)7-5-10(13)11(15)16/h10H,3-9,13H2,1-2H3,(H,15,16). The minimum Gasteiger partial charge on any atom is -0.480 e. The van der Waals surface area contributed by atoms with Crippen LogP contribution in [0.25, 0.3) is 0 Å². The zero-order valence-corrected chi connectivity index (χ0v) is 10.4. The van der Waals surface area contributed by atoms with Crippen molar-refractivity contribution in [2.75, 3.05) is 19.6 Å². The molecular formula is C12H24N2O2. The molecule has 94 valence electrons. The monoisotopic (exact) mass is 228 g/mol. The molecule has 4 heteroatoms. The smallest absolute Gasteiger partial charge is 0.320 e. The second kappa shape index (κ2) is 5.64. The number of aliphatic carboxylic acids is 1. The van der Waals surface area contributed by atoms with Gasteiger partial charge in [0.2, 0.25) is 0 Å². The van der Waals surface area contributed by atoms with Gasteiger partial charge in [-0.2, -0.15) is 0 Å².